The van der Waals surface area contributed by atoms with E-state index in [1.807, 2.05) is 0 Å². The molecule has 2 heteroatoms. The van der Waals surface area contributed by atoms with Crippen molar-refractivity contribution in [2.24, 2.45) is 0 Å². The Hall–Kier alpha value is -0.790. The van der Waals surface area contributed by atoms with Crippen LogP contribution in [-0.2, 0) is 4.79 Å². The summed E-state index contributed by atoms with van der Waals surface area (Å²) in [7, 11) is 0. The Balaban J connectivity index is 2.17. The van der Waals surface area contributed by atoms with Crippen LogP contribution in [0.25, 0.3) is 0 Å². The van der Waals surface area contributed by atoms with Crippen molar-refractivity contribution in [3.05, 3.63) is 11.1 Å². The van der Waals surface area contributed by atoms with Crippen LogP contribution < -0.4 is 5.32 Å². The van der Waals surface area contributed by atoms with Crippen molar-refractivity contribution >= 4 is 5.91 Å². The molecule has 1 N–H and O–H groups in total. The van der Waals surface area contributed by atoms with Gasteiger partial charge in [0.15, 0.2) is 0 Å². The van der Waals surface area contributed by atoms with Gasteiger partial charge in [-0.1, -0.05) is 46.0 Å². The Kier molecular flexibility index (Phi) is 6.20. The highest BCUT2D eigenvalue weighted by Crippen LogP contribution is 2.20. The van der Waals surface area contributed by atoms with Crippen molar-refractivity contribution < 1.29 is 4.79 Å². The van der Waals surface area contributed by atoms with Crippen LogP contribution in [0.3, 0.4) is 0 Å². The predicted molar refractivity (Wildman–Crippen MR) is 68.3 cm³/mol. The van der Waals surface area contributed by atoms with Crippen molar-refractivity contribution in [3.8, 4) is 0 Å². The molecule has 0 bridgehead atoms. The second kappa shape index (κ2) is 7.48. The zero-order valence-corrected chi connectivity index (χ0v) is 10.8. The van der Waals surface area contributed by atoms with Crippen molar-refractivity contribution in [2.75, 3.05) is 6.54 Å². The third-order valence-electron chi connectivity index (χ3n) is 3.35. The Labute approximate surface area is 99.5 Å². The van der Waals surface area contributed by atoms with Crippen LogP contribution in [0.5, 0.6) is 0 Å². The van der Waals surface area contributed by atoms with Gasteiger partial charge >= 0.3 is 0 Å². The Morgan fingerprint density at radius 1 is 1.06 bits per heavy atom. The molecule has 0 saturated heterocycles. The van der Waals surface area contributed by atoms with Crippen LogP contribution >= 0.6 is 0 Å². The van der Waals surface area contributed by atoms with Crippen LogP contribution in [0.2, 0.25) is 0 Å². The van der Waals surface area contributed by atoms with Gasteiger partial charge in [-0.25, -0.2) is 0 Å². The summed E-state index contributed by atoms with van der Waals surface area (Å²) in [6.07, 6.45) is 9.96. The molecule has 0 aliphatic carbocycles. The van der Waals surface area contributed by atoms with E-state index in [0.29, 0.717) is 0 Å². The first-order valence-corrected chi connectivity index (χ1v) is 6.78. The van der Waals surface area contributed by atoms with E-state index in [4.69, 9.17) is 0 Å². The quantitative estimate of drug-likeness (QED) is 0.626. The number of nitrogens with one attached hydrogen (secondary N) is 1. The van der Waals surface area contributed by atoms with Gasteiger partial charge in [-0.05, 0) is 24.8 Å². The summed E-state index contributed by atoms with van der Waals surface area (Å²) in [5, 5.41) is 2.92. The van der Waals surface area contributed by atoms with Gasteiger partial charge in [0.25, 0.3) is 0 Å². The molecule has 0 radical (unpaired) electrons. The van der Waals surface area contributed by atoms with Crippen LogP contribution in [0.1, 0.15) is 65.2 Å². The van der Waals surface area contributed by atoms with E-state index in [1.165, 1.54) is 44.1 Å². The molecule has 0 atom stereocenters. The van der Waals surface area contributed by atoms with Gasteiger partial charge in [0.1, 0.15) is 0 Å². The highest BCUT2D eigenvalue weighted by Gasteiger charge is 2.19. The summed E-state index contributed by atoms with van der Waals surface area (Å²) < 4.78 is 0. The number of carbonyl (C=O) groups is 1. The summed E-state index contributed by atoms with van der Waals surface area (Å²) in [5.41, 5.74) is 2.41. The first kappa shape index (κ1) is 13.3. The van der Waals surface area contributed by atoms with Crippen molar-refractivity contribution in [1.29, 1.82) is 0 Å². The molecule has 1 aliphatic rings. The van der Waals surface area contributed by atoms with Crippen LogP contribution in [-0.4, -0.2) is 12.5 Å². The molecule has 0 spiro atoms. The van der Waals surface area contributed by atoms with Crippen molar-refractivity contribution in [3.63, 3.8) is 0 Å². The number of hydrogen-bond donors (Lipinski definition) is 1. The monoisotopic (exact) mass is 223 g/mol. The van der Waals surface area contributed by atoms with Gasteiger partial charge < -0.3 is 5.32 Å². The maximum absolute atomic E-state index is 11.4. The average Bonchev–Trinajstić information content (AvgIpc) is 2.64. The second-order valence-corrected chi connectivity index (χ2v) is 4.64. The molecule has 1 aliphatic heterocycles. The zero-order valence-electron chi connectivity index (χ0n) is 10.8. The van der Waals surface area contributed by atoms with Crippen LogP contribution in [0, 0.1) is 0 Å². The topological polar surface area (TPSA) is 29.1 Å². The molecule has 2 nitrogen and oxygen atoms in total. The summed E-state index contributed by atoms with van der Waals surface area (Å²) in [6, 6.07) is 0. The molecule has 1 heterocycles. The number of amides is 1. The lowest BCUT2D eigenvalue weighted by atomic mass is 10.0. The minimum absolute atomic E-state index is 0.170. The summed E-state index contributed by atoms with van der Waals surface area (Å²) in [6.45, 7) is 5.12. The lowest BCUT2D eigenvalue weighted by Gasteiger charge is -2.03. The fourth-order valence-electron chi connectivity index (χ4n) is 2.33. The highest BCUT2D eigenvalue weighted by atomic mass is 16.1. The van der Waals surface area contributed by atoms with E-state index in [0.717, 1.165) is 25.0 Å². The lowest BCUT2D eigenvalue weighted by Crippen LogP contribution is -2.17. The molecule has 92 valence electrons. The van der Waals surface area contributed by atoms with E-state index in [1.54, 1.807) is 0 Å². The number of carbonyl (C=O) groups excluding carboxylic acids is 1. The number of hydrogen-bond acceptors (Lipinski definition) is 1. The molecule has 0 unspecified atom stereocenters. The smallest absolute Gasteiger partial charge is 0.247 e. The summed E-state index contributed by atoms with van der Waals surface area (Å²) >= 11 is 0. The van der Waals surface area contributed by atoms with E-state index in [9.17, 15) is 4.79 Å². The van der Waals surface area contributed by atoms with E-state index < -0.39 is 0 Å². The van der Waals surface area contributed by atoms with Crippen LogP contribution in [0.15, 0.2) is 11.1 Å². The second-order valence-electron chi connectivity index (χ2n) is 4.64. The Morgan fingerprint density at radius 2 is 1.75 bits per heavy atom. The summed E-state index contributed by atoms with van der Waals surface area (Å²) in [5.74, 6) is 0.170. The lowest BCUT2D eigenvalue weighted by molar-refractivity contribution is -0.116. The van der Waals surface area contributed by atoms with Gasteiger partial charge in [0.2, 0.25) is 5.91 Å². The minimum atomic E-state index is 0.170. The van der Waals surface area contributed by atoms with Crippen LogP contribution in [0.4, 0.5) is 0 Å². The standard InChI is InChI=1S/C14H25NO/c1-3-5-6-7-8-9-10-12-11-15-14(16)13(12)4-2/h3-11H2,1-2H3,(H,15,16). The fourth-order valence-corrected chi connectivity index (χ4v) is 2.33. The Bertz CT molecular complexity index is 255. The minimum Gasteiger partial charge on any atom is -0.349 e. The molecule has 1 rings (SSSR count). The largest absolute Gasteiger partial charge is 0.349 e. The zero-order chi connectivity index (χ0) is 11.8. The third kappa shape index (κ3) is 3.99. The molecule has 0 aromatic carbocycles. The Morgan fingerprint density at radius 3 is 2.44 bits per heavy atom. The van der Waals surface area contributed by atoms with E-state index in [-0.39, 0.29) is 5.91 Å². The molecule has 0 saturated carbocycles. The van der Waals surface area contributed by atoms with E-state index in [2.05, 4.69) is 19.2 Å². The fraction of sp³-hybridized carbons (Fsp3) is 0.786. The molecular weight excluding hydrogens is 198 g/mol. The predicted octanol–water partition coefficient (Wildman–Crippen LogP) is 3.57. The first-order valence-electron chi connectivity index (χ1n) is 6.78. The summed E-state index contributed by atoms with van der Waals surface area (Å²) in [4.78, 5) is 11.4. The van der Waals surface area contributed by atoms with Gasteiger partial charge in [0.05, 0.1) is 0 Å². The number of unbranched alkanes of at least 4 members (excludes halogenated alkanes) is 5. The average molecular weight is 223 g/mol. The molecule has 0 aromatic rings. The van der Waals surface area contributed by atoms with Gasteiger partial charge in [-0.3, -0.25) is 4.79 Å². The maximum Gasteiger partial charge on any atom is 0.247 e. The molecule has 0 aromatic heterocycles. The molecule has 16 heavy (non-hydrogen) atoms. The first-order chi connectivity index (χ1) is 7.79. The highest BCUT2D eigenvalue weighted by molar-refractivity contribution is 5.96. The molecular formula is C14H25NO. The third-order valence-corrected chi connectivity index (χ3v) is 3.35. The van der Waals surface area contributed by atoms with E-state index >= 15 is 0 Å². The molecule has 1 amide bonds. The van der Waals surface area contributed by atoms with Gasteiger partial charge in [0, 0.05) is 12.1 Å². The van der Waals surface area contributed by atoms with Crippen molar-refractivity contribution in [2.45, 2.75) is 65.2 Å². The molecule has 0 fully saturated rings. The SMILES string of the molecule is CCCCCCCCC1=C(CC)C(=O)NC1. The normalized spacial score (nSPS) is 15.8. The van der Waals surface area contributed by atoms with Gasteiger partial charge in [-0.2, -0.15) is 0 Å². The number of rotatable bonds is 8. The maximum atomic E-state index is 11.4. The van der Waals surface area contributed by atoms with Gasteiger partial charge in [-0.15, -0.1) is 0 Å². The van der Waals surface area contributed by atoms with Crippen molar-refractivity contribution in [1.82, 2.24) is 5.32 Å².